The van der Waals surface area contributed by atoms with Gasteiger partial charge in [-0.1, -0.05) is 13.3 Å². The van der Waals surface area contributed by atoms with Gasteiger partial charge in [-0.15, -0.1) is 0 Å². The maximum absolute atomic E-state index is 13.0. The minimum Gasteiger partial charge on any atom is -0.421 e. The third-order valence-electron chi connectivity index (χ3n) is 2.64. The summed E-state index contributed by atoms with van der Waals surface area (Å²) in [4.78, 5) is 11.6. The molecule has 0 bridgehead atoms. The Hall–Kier alpha value is -0.910. The van der Waals surface area contributed by atoms with E-state index in [1.165, 1.54) is 12.1 Å². The lowest BCUT2D eigenvalue weighted by Gasteiger charge is -2.03. The third kappa shape index (κ3) is 2.51. The summed E-state index contributed by atoms with van der Waals surface area (Å²) in [7, 11) is 0. The summed E-state index contributed by atoms with van der Waals surface area (Å²) in [6.45, 7) is 2.11. The first-order valence-corrected chi connectivity index (χ1v) is 6.62. The predicted molar refractivity (Wildman–Crippen MR) is 72.3 cm³/mol. The Morgan fingerprint density at radius 1 is 1.41 bits per heavy atom. The average Bonchev–Trinajstić information content (AvgIpc) is 2.64. The fourth-order valence-electron chi connectivity index (χ4n) is 1.73. The second kappa shape index (κ2) is 5.16. The van der Waals surface area contributed by atoms with Crippen LogP contribution in [0.25, 0.3) is 5.76 Å². The SMILES string of the molecule is CCCC/C(I)=C1\OC(=O)c2cc(F)ccc21. The summed E-state index contributed by atoms with van der Waals surface area (Å²) >= 11 is 2.19. The van der Waals surface area contributed by atoms with Crippen LogP contribution in [0.2, 0.25) is 0 Å². The van der Waals surface area contributed by atoms with Gasteiger partial charge in [-0.25, -0.2) is 9.18 Å². The van der Waals surface area contributed by atoms with Crippen LogP contribution in [0.3, 0.4) is 0 Å². The lowest BCUT2D eigenvalue weighted by molar-refractivity contribution is 0.0714. The number of carbonyl (C=O) groups is 1. The van der Waals surface area contributed by atoms with Crippen LogP contribution in [0.1, 0.15) is 42.1 Å². The van der Waals surface area contributed by atoms with Crippen LogP contribution < -0.4 is 0 Å². The molecular formula is C13H12FIO2. The molecule has 0 amide bonds. The molecule has 1 aliphatic heterocycles. The Bertz CT molecular complexity index is 494. The van der Waals surface area contributed by atoms with Gasteiger partial charge in [0, 0.05) is 9.14 Å². The Kier molecular flexibility index (Phi) is 3.81. The fourth-order valence-corrected chi connectivity index (χ4v) is 2.52. The molecule has 0 spiro atoms. The highest BCUT2D eigenvalue weighted by molar-refractivity contribution is 14.1. The number of ether oxygens (including phenoxy) is 1. The van der Waals surface area contributed by atoms with Gasteiger partial charge in [-0.3, -0.25) is 0 Å². The van der Waals surface area contributed by atoms with Gasteiger partial charge in [0.1, 0.15) is 11.6 Å². The van der Waals surface area contributed by atoms with Crippen molar-refractivity contribution >= 4 is 34.3 Å². The van der Waals surface area contributed by atoms with E-state index >= 15 is 0 Å². The number of carbonyl (C=O) groups excluding carboxylic acids is 1. The molecule has 90 valence electrons. The van der Waals surface area contributed by atoms with Gasteiger partial charge >= 0.3 is 5.97 Å². The quantitative estimate of drug-likeness (QED) is 0.603. The van der Waals surface area contributed by atoms with Crippen molar-refractivity contribution in [1.29, 1.82) is 0 Å². The molecule has 0 saturated heterocycles. The summed E-state index contributed by atoms with van der Waals surface area (Å²) in [6, 6.07) is 4.19. The normalized spacial score (nSPS) is 16.8. The molecule has 0 fully saturated rings. The monoisotopic (exact) mass is 346 g/mol. The summed E-state index contributed by atoms with van der Waals surface area (Å²) in [6.07, 6.45) is 3.02. The van der Waals surface area contributed by atoms with E-state index in [1.807, 2.05) is 0 Å². The maximum atomic E-state index is 13.0. The van der Waals surface area contributed by atoms with Gasteiger partial charge in [0.05, 0.1) is 5.56 Å². The molecule has 0 N–H and O–H groups in total. The van der Waals surface area contributed by atoms with E-state index in [-0.39, 0.29) is 0 Å². The number of unbranched alkanes of at least 4 members (excludes halogenated alkanes) is 1. The number of benzene rings is 1. The first kappa shape index (κ1) is 12.5. The van der Waals surface area contributed by atoms with Gasteiger partial charge in [0.25, 0.3) is 0 Å². The number of hydrogen-bond acceptors (Lipinski definition) is 2. The van der Waals surface area contributed by atoms with Crippen LogP contribution in [0.4, 0.5) is 4.39 Å². The maximum Gasteiger partial charge on any atom is 0.344 e. The lowest BCUT2D eigenvalue weighted by atomic mass is 10.1. The van der Waals surface area contributed by atoms with Gasteiger partial charge < -0.3 is 4.74 Å². The molecule has 0 aromatic heterocycles. The molecule has 1 aromatic carbocycles. The van der Waals surface area contributed by atoms with E-state index in [9.17, 15) is 9.18 Å². The average molecular weight is 346 g/mol. The highest BCUT2D eigenvalue weighted by Gasteiger charge is 2.28. The summed E-state index contributed by atoms with van der Waals surface area (Å²) in [5, 5.41) is 0. The van der Waals surface area contributed by atoms with Gasteiger partial charge in [-0.05, 0) is 53.6 Å². The zero-order valence-electron chi connectivity index (χ0n) is 9.43. The van der Waals surface area contributed by atoms with E-state index in [0.29, 0.717) is 16.9 Å². The molecule has 0 radical (unpaired) electrons. The summed E-state index contributed by atoms with van der Waals surface area (Å²) in [5.41, 5.74) is 1.03. The number of esters is 1. The lowest BCUT2D eigenvalue weighted by Crippen LogP contribution is -1.93. The van der Waals surface area contributed by atoms with Crippen LogP contribution in [-0.2, 0) is 4.74 Å². The Morgan fingerprint density at radius 3 is 2.88 bits per heavy atom. The van der Waals surface area contributed by atoms with E-state index in [2.05, 4.69) is 29.5 Å². The summed E-state index contributed by atoms with van der Waals surface area (Å²) in [5.74, 6) is -0.273. The predicted octanol–water partition coefficient (Wildman–Crippen LogP) is 4.29. The standard InChI is InChI=1S/C13H12FIO2/c1-2-3-4-11(15)12-9-6-5-8(14)7-10(9)13(16)17-12/h5-7H,2-4H2,1H3/b12-11+. The Balaban J connectivity index is 2.40. The van der Waals surface area contributed by atoms with Gasteiger partial charge in [0.15, 0.2) is 0 Å². The number of cyclic esters (lactones) is 1. The molecule has 2 nitrogen and oxygen atoms in total. The van der Waals surface area contributed by atoms with E-state index in [4.69, 9.17) is 4.74 Å². The number of hydrogen-bond donors (Lipinski definition) is 0. The first-order chi connectivity index (χ1) is 8.13. The van der Waals surface area contributed by atoms with Gasteiger partial charge in [0.2, 0.25) is 0 Å². The zero-order chi connectivity index (χ0) is 12.4. The zero-order valence-corrected chi connectivity index (χ0v) is 11.6. The van der Waals surface area contributed by atoms with E-state index in [1.54, 1.807) is 6.07 Å². The minimum absolute atomic E-state index is 0.325. The van der Waals surface area contributed by atoms with Crippen LogP contribution in [0.5, 0.6) is 0 Å². The highest BCUT2D eigenvalue weighted by atomic mass is 127. The van der Waals surface area contributed by atoms with Crippen molar-refractivity contribution in [2.45, 2.75) is 26.2 Å². The number of rotatable bonds is 3. The summed E-state index contributed by atoms with van der Waals surface area (Å²) < 4.78 is 19.3. The third-order valence-corrected chi connectivity index (χ3v) is 3.67. The fraction of sp³-hybridized carbons (Fsp3) is 0.308. The molecule has 17 heavy (non-hydrogen) atoms. The van der Waals surface area contributed by atoms with Crippen LogP contribution in [-0.4, -0.2) is 5.97 Å². The van der Waals surface area contributed by atoms with Crippen molar-refractivity contribution in [2.24, 2.45) is 0 Å². The molecule has 1 heterocycles. The molecule has 1 aromatic rings. The number of allylic oxidation sites excluding steroid dienone is 1. The van der Waals surface area contributed by atoms with Crippen LogP contribution >= 0.6 is 22.6 Å². The topological polar surface area (TPSA) is 26.3 Å². The second-order valence-corrected chi connectivity index (χ2v) is 5.22. The smallest absolute Gasteiger partial charge is 0.344 e. The van der Waals surface area contributed by atoms with Crippen molar-refractivity contribution in [3.05, 3.63) is 38.7 Å². The largest absolute Gasteiger partial charge is 0.421 e. The molecule has 0 aliphatic carbocycles. The van der Waals surface area contributed by atoms with Crippen molar-refractivity contribution in [1.82, 2.24) is 0 Å². The van der Waals surface area contributed by atoms with Crippen molar-refractivity contribution in [3.63, 3.8) is 0 Å². The highest BCUT2D eigenvalue weighted by Crippen LogP contribution is 2.36. The van der Waals surface area contributed by atoms with E-state index < -0.39 is 11.8 Å². The van der Waals surface area contributed by atoms with Crippen molar-refractivity contribution in [3.8, 4) is 0 Å². The Morgan fingerprint density at radius 2 is 2.18 bits per heavy atom. The first-order valence-electron chi connectivity index (χ1n) is 5.54. The molecule has 2 rings (SSSR count). The van der Waals surface area contributed by atoms with E-state index in [0.717, 1.165) is 22.8 Å². The minimum atomic E-state index is -0.458. The van der Waals surface area contributed by atoms with Crippen molar-refractivity contribution < 1.29 is 13.9 Å². The second-order valence-electron chi connectivity index (χ2n) is 3.92. The molecule has 0 saturated carbocycles. The number of fused-ring (bicyclic) bond motifs is 1. The van der Waals surface area contributed by atoms with Crippen LogP contribution in [0.15, 0.2) is 21.8 Å². The Labute approximate surface area is 113 Å². The molecular weight excluding hydrogens is 334 g/mol. The molecule has 1 aliphatic rings. The van der Waals surface area contributed by atoms with Gasteiger partial charge in [-0.2, -0.15) is 0 Å². The van der Waals surface area contributed by atoms with Crippen LogP contribution in [0, 0.1) is 5.82 Å². The molecule has 4 heteroatoms. The molecule has 0 atom stereocenters. The molecule has 0 unspecified atom stereocenters. The van der Waals surface area contributed by atoms with Crippen molar-refractivity contribution in [2.75, 3.05) is 0 Å². The number of halogens is 2.